The summed E-state index contributed by atoms with van der Waals surface area (Å²) >= 11 is 0. The van der Waals surface area contributed by atoms with Gasteiger partial charge in [-0.15, -0.1) is 0 Å². The van der Waals surface area contributed by atoms with E-state index in [1.807, 2.05) is 13.0 Å². The number of imidazole rings is 1. The first-order valence-electron chi connectivity index (χ1n) is 8.08. The number of hydrogen-bond donors (Lipinski definition) is 1. The molecule has 0 bridgehead atoms. The van der Waals surface area contributed by atoms with Crippen LogP contribution in [0, 0.1) is 12.7 Å². The Morgan fingerprint density at radius 2 is 2.11 bits per heavy atom. The van der Waals surface area contributed by atoms with Gasteiger partial charge in [-0.3, -0.25) is 9.78 Å². The van der Waals surface area contributed by atoms with E-state index in [9.17, 15) is 9.18 Å². The fourth-order valence-electron chi connectivity index (χ4n) is 2.61. The lowest BCUT2D eigenvalue weighted by atomic mass is 10.2. The lowest BCUT2D eigenvalue weighted by Crippen LogP contribution is -2.14. The van der Waals surface area contributed by atoms with E-state index in [2.05, 4.69) is 20.3 Å². The molecule has 0 aliphatic heterocycles. The van der Waals surface area contributed by atoms with E-state index in [0.717, 1.165) is 11.9 Å². The Balaban J connectivity index is 1.69. The Labute approximate surface area is 153 Å². The molecule has 7 nitrogen and oxygen atoms in total. The highest BCUT2D eigenvalue weighted by Crippen LogP contribution is 2.24. The molecule has 8 heteroatoms. The number of nitrogens with zero attached hydrogens (tertiary/aromatic N) is 4. The van der Waals surface area contributed by atoms with Crippen LogP contribution in [0.1, 0.15) is 16.1 Å². The van der Waals surface area contributed by atoms with Crippen LogP contribution in [-0.4, -0.2) is 25.3 Å². The number of aromatic nitrogens is 4. The monoisotopic (exact) mass is 363 g/mol. The molecular formula is C19H14FN5O2. The third-order valence-corrected chi connectivity index (χ3v) is 3.75. The first kappa shape index (κ1) is 16.6. The number of rotatable bonds is 4. The third-order valence-electron chi connectivity index (χ3n) is 3.75. The number of amides is 1. The average molecular weight is 363 g/mol. The Morgan fingerprint density at radius 1 is 1.22 bits per heavy atom. The van der Waals surface area contributed by atoms with E-state index >= 15 is 0 Å². The van der Waals surface area contributed by atoms with Crippen molar-refractivity contribution in [3.63, 3.8) is 0 Å². The first-order chi connectivity index (χ1) is 13.1. The molecule has 4 aromatic rings. The maximum Gasteiger partial charge on any atom is 0.260 e. The molecule has 134 valence electrons. The van der Waals surface area contributed by atoms with Gasteiger partial charge < -0.3 is 14.5 Å². The minimum atomic E-state index is -0.514. The third kappa shape index (κ3) is 3.59. The van der Waals surface area contributed by atoms with Crippen LogP contribution in [-0.2, 0) is 0 Å². The topological polar surface area (TPSA) is 81.4 Å². The lowest BCUT2D eigenvalue weighted by molar-refractivity contribution is 0.102. The first-order valence-corrected chi connectivity index (χ1v) is 8.08. The SMILES string of the molecule is Cc1cccc(NC(=O)c2cc(Oc3cncc(F)c3)cn3ccnc23)n1. The summed E-state index contributed by atoms with van der Waals surface area (Å²) in [6.45, 7) is 1.84. The highest BCUT2D eigenvalue weighted by molar-refractivity contribution is 6.08. The number of pyridine rings is 3. The Hall–Kier alpha value is -3.81. The van der Waals surface area contributed by atoms with Gasteiger partial charge in [0.05, 0.1) is 24.2 Å². The van der Waals surface area contributed by atoms with Crippen LogP contribution in [0.3, 0.4) is 0 Å². The molecule has 0 aromatic carbocycles. The standard InChI is InChI=1S/C19H14FN5O2/c1-12-3-2-4-17(23-12)24-19(26)16-8-15(11-25-6-5-22-18(16)25)27-14-7-13(20)9-21-10-14/h2-11H,1H3,(H,23,24,26). The lowest BCUT2D eigenvalue weighted by Gasteiger charge is -2.10. The fraction of sp³-hybridized carbons (Fsp3) is 0.0526. The maximum atomic E-state index is 13.3. The summed E-state index contributed by atoms with van der Waals surface area (Å²) in [4.78, 5) is 25.0. The molecule has 4 rings (SSSR count). The number of carbonyl (C=O) groups excluding carboxylic acids is 1. The van der Waals surface area contributed by atoms with Crippen molar-refractivity contribution in [1.82, 2.24) is 19.4 Å². The molecule has 0 radical (unpaired) electrons. The summed E-state index contributed by atoms with van der Waals surface area (Å²) in [6, 6.07) is 8.09. The molecular weight excluding hydrogens is 349 g/mol. The Kier molecular flexibility index (Phi) is 4.21. The number of anilines is 1. The van der Waals surface area contributed by atoms with Crippen LogP contribution >= 0.6 is 0 Å². The van der Waals surface area contributed by atoms with Gasteiger partial charge in [0.25, 0.3) is 5.91 Å². The second-order valence-corrected chi connectivity index (χ2v) is 5.81. The van der Waals surface area contributed by atoms with Crippen LogP contribution in [0.4, 0.5) is 10.2 Å². The van der Waals surface area contributed by atoms with E-state index in [0.29, 0.717) is 22.8 Å². The number of ether oxygens (including phenoxy) is 1. The second kappa shape index (κ2) is 6.83. The minimum Gasteiger partial charge on any atom is -0.454 e. The van der Waals surface area contributed by atoms with Gasteiger partial charge in [-0.25, -0.2) is 14.4 Å². The molecule has 1 N–H and O–H groups in total. The van der Waals surface area contributed by atoms with Gasteiger partial charge >= 0.3 is 0 Å². The van der Waals surface area contributed by atoms with Crippen LogP contribution in [0.25, 0.3) is 5.65 Å². The van der Waals surface area contributed by atoms with Gasteiger partial charge in [0.2, 0.25) is 0 Å². The molecule has 0 unspecified atom stereocenters. The average Bonchev–Trinajstić information content (AvgIpc) is 3.09. The van der Waals surface area contributed by atoms with Crippen molar-refractivity contribution in [3.8, 4) is 11.5 Å². The number of carbonyl (C=O) groups is 1. The predicted octanol–water partition coefficient (Wildman–Crippen LogP) is 3.62. The van der Waals surface area contributed by atoms with Gasteiger partial charge in [-0.1, -0.05) is 6.07 Å². The van der Waals surface area contributed by atoms with Crippen molar-refractivity contribution in [2.75, 3.05) is 5.32 Å². The zero-order chi connectivity index (χ0) is 18.8. The quantitative estimate of drug-likeness (QED) is 0.599. The second-order valence-electron chi connectivity index (χ2n) is 5.81. The molecule has 0 saturated heterocycles. The molecule has 4 aromatic heterocycles. The van der Waals surface area contributed by atoms with Crippen LogP contribution < -0.4 is 10.1 Å². The molecule has 0 spiro atoms. The predicted molar refractivity (Wildman–Crippen MR) is 96.4 cm³/mol. The molecule has 0 atom stereocenters. The summed E-state index contributed by atoms with van der Waals surface area (Å²) in [7, 11) is 0. The number of hydrogen-bond acceptors (Lipinski definition) is 5. The highest BCUT2D eigenvalue weighted by atomic mass is 19.1. The zero-order valence-corrected chi connectivity index (χ0v) is 14.3. The molecule has 0 aliphatic carbocycles. The summed E-state index contributed by atoms with van der Waals surface area (Å²) < 4.78 is 20.6. The summed E-state index contributed by atoms with van der Waals surface area (Å²) in [5.41, 5.74) is 1.55. The van der Waals surface area contributed by atoms with Crippen LogP contribution in [0.2, 0.25) is 0 Å². The van der Waals surface area contributed by atoms with Gasteiger partial charge in [-0.2, -0.15) is 0 Å². The summed E-state index contributed by atoms with van der Waals surface area (Å²) in [6.07, 6.45) is 7.38. The number of fused-ring (bicyclic) bond motifs is 1. The van der Waals surface area contributed by atoms with Gasteiger partial charge in [0.1, 0.15) is 28.8 Å². The normalized spacial score (nSPS) is 10.7. The van der Waals surface area contributed by atoms with E-state index in [-0.39, 0.29) is 11.7 Å². The number of halogens is 1. The van der Waals surface area contributed by atoms with Crippen molar-refractivity contribution < 1.29 is 13.9 Å². The minimum absolute atomic E-state index is 0.223. The van der Waals surface area contributed by atoms with E-state index in [1.54, 1.807) is 41.2 Å². The van der Waals surface area contributed by atoms with E-state index < -0.39 is 5.82 Å². The molecule has 1 amide bonds. The molecule has 27 heavy (non-hydrogen) atoms. The van der Waals surface area contributed by atoms with Crippen molar-refractivity contribution in [2.24, 2.45) is 0 Å². The molecule has 4 heterocycles. The molecule has 0 fully saturated rings. The largest absolute Gasteiger partial charge is 0.454 e. The van der Waals surface area contributed by atoms with Crippen LogP contribution in [0.15, 0.2) is 61.3 Å². The van der Waals surface area contributed by atoms with E-state index in [4.69, 9.17) is 4.74 Å². The Bertz CT molecular complexity index is 1140. The number of aryl methyl sites for hydroxylation is 1. The highest BCUT2D eigenvalue weighted by Gasteiger charge is 2.15. The molecule has 0 aliphatic rings. The summed E-state index contributed by atoms with van der Waals surface area (Å²) in [5, 5.41) is 2.75. The van der Waals surface area contributed by atoms with Crippen molar-refractivity contribution >= 4 is 17.4 Å². The summed E-state index contributed by atoms with van der Waals surface area (Å²) in [5.74, 6) is 0.105. The van der Waals surface area contributed by atoms with E-state index in [1.165, 1.54) is 12.3 Å². The van der Waals surface area contributed by atoms with Crippen molar-refractivity contribution in [1.29, 1.82) is 0 Å². The maximum absolute atomic E-state index is 13.3. The Morgan fingerprint density at radius 3 is 2.93 bits per heavy atom. The van der Waals surface area contributed by atoms with Gasteiger partial charge in [0, 0.05) is 24.2 Å². The number of nitrogens with one attached hydrogen (secondary N) is 1. The van der Waals surface area contributed by atoms with Gasteiger partial charge in [-0.05, 0) is 25.1 Å². The van der Waals surface area contributed by atoms with Gasteiger partial charge in [0.15, 0.2) is 0 Å². The van der Waals surface area contributed by atoms with Crippen molar-refractivity contribution in [3.05, 3.63) is 78.4 Å². The van der Waals surface area contributed by atoms with Crippen LogP contribution in [0.5, 0.6) is 11.5 Å². The fourth-order valence-corrected chi connectivity index (χ4v) is 2.61. The molecule has 0 saturated carbocycles. The smallest absolute Gasteiger partial charge is 0.260 e. The van der Waals surface area contributed by atoms with Crippen molar-refractivity contribution in [2.45, 2.75) is 6.92 Å². The zero-order valence-electron chi connectivity index (χ0n) is 14.3.